The molecule has 2 heterocycles. The molecule has 1 atom stereocenters. The lowest BCUT2D eigenvalue weighted by molar-refractivity contribution is 0.600. The molecule has 4 heteroatoms. The van der Waals surface area contributed by atoms with Gasteiger partial charge in [0.2, 0.25) is 0 Å². The first kappa shape index (κ1) is 14.2. The molecule has 0 amide bonds. The fourth-order valence-corrected chi connectivity index (χ4v) is 3.36. The zero-order valence-electron chi connectivity index (χ0n) is 12.3. The van der Waals surface area contributed by atoms with E-state index in [-0.39, 0.29) is 6.04 Å². The van der Waals surface area contributed by atoms with Crippen molar-refractivity contribution in [3.8, 4) is 0 Å². The number of hydrogen-bond donors (Lipinski definition) is 1. The van der Waals surface area contributed by atoms with Gasteiger partial charge in [0.25, 0.3) is 0 Å². The molecular formula is C17H19N3S. The van der Waals surface area contributed by atoms with Gasteiger partial charge >= 0.3 is 0 Å². The quantitative estimate of drug-likeness (QED) is 0.771. The first-order chi connectivity index (χ1) is 10.3. The molecule has 1 aromatic carbocycles. The summed E-state index contributed by atoms with van der Waals surface area (Å²) in [6, 6.07) is 8.62. The normalized spacial score (nSPS) is 12.7. The Labute approximate surface area is 129 Å². The number of rotatable bonds is 5. The van der Waals surface area contributed by atoms with Crippen LogP contribution < -0.4 is 5.32 Å². The van der Waals surface area contributed by atoms with Crippen LogP contribution in [0.4, 0.5) is 0 Å². The number of aromatic nitrogens is 2. The van der Waals surface area contributed by atoms with E-state index >= 15 is 0 Å². The van der Waals surface area contributed by atoms with E-state index in [4.69, 9.17) is 0 Å². The van der Waals surface area contributed by atoms with Crippen molar-refractivity contribution in [1.82, 2.24) is 15.3 Å². The molecule has 0 radical (unpaired) electrons. The Morgan fingerprint density at radius 1 is 1.14 bits per heavy atom. The molecule has 0 spiro atoms. The van der Waals surface area contributed by atoms with E-state index < -0.39 is 0 Å². The molecule has 0 aliphatic rings. The van der Waals surface area contributed by atoms with Crippen molar-refractivity contribution < 1.29 is 0 Å². The maximum absolute atomic E-state index is 4.55. The Morgan fingerprint density at radius 2 is 2.00 bits per heavy atom. The predicted molar refractivity (Wildman–Crippen MR) is 88.7 cm³/mol. The molecule has 3 nitrogen and oxygen atoms in total. The fraction of sp³-hybridized carbons (Fsp3) is 0.294. The second-order valence-electron chi connectivity index (χ2n) is 5.09. The van der Waals surface area contributed by atoms with Crippen molar-refractivity contribution in [3.05, 3.63) is 58.0 Å². The molecule has 1 unspecified atom stereocenters. The SMILES string of the molecule is CCCNC(c1ccsc1C)c1cccc2nccnc12. The minimum Gasteiger partial charge on any atom is -0.306 e. The molecule has 3 rings (SSSR count). The lowest BCUT2D eigenvalue weighted by Crippen LogP contribution is -2.23. The number of aryl methyl sites for hydroxylation is 1. The van der Waals surface area contributed by atoms with Crippen LogP contribution in [-0.2, 0) is 0 Å². The number of para-hydroxylation sites is 1. The minimum atomic E-state index is 0.177. The zero-order valence-corrected chi connectivity index (χ0v) is 13.2. The molecule has 108 valence electrons. The Balaban J connectivity index is 2.12. The summed E-state index contributed by atoms with van der Waals surface area (Å²) >= 11 is 1.79. The molecule has 0 saturated heterocycles. The minimum absolute atomic E-state index is 0.177. The van der Waals surface area contributed by atoms with Gasteiger partial charge in [0.15, 0.2) is 0 Å². The van der Waals surface area contributed by atoms with Crippen LogP contribution in [0.1, 0.15) is 35.4 Å². The maximum Gasteiger partial charge on any atom is 0.0937 e. The highest BCUT2D eigenvalue weighted by Crippen LogP contribution is 2.31. The summed E-state index contributed by atoms with van der Waals surface area (Å²) in [5.41, 5.74) is 4.48. The second kappa shape index (κ2) is 6.33. The Morgan fingerprint density at radius 3 is 2.76 bits per heavy atom. The summed E-state index contributed by atoms with van der Waals surface area (Å²) in [5.74, 6) is 0. The fourth-order valence-electron chi connectivity index (χ4n) is 2.62. The Bertz CT molecular complexity index is 730. The van der Waals surface area contributed by atoms with Crippen LogP contribution in [0, 0.1) is 6.92 Å². The van der Waals surface area contributed by atoms with Crippen molar-refractivity contribution in [2.75, 3.05) is 6.54 Å². The largest absolute Gasteiger partial charge is 0.306 e. The zero-order chi connectivity index (χ0) is 14.7. The Hall–Kier alpha value is -1.78. The summed E-state index contributed by atoms with van der Waals surface area (Å²) in [4.78, 5) is 10.3. The number of hydrogen-bond acceptors (Lipinski definition) is 4. The highest BCUT2D eigenvalue weighted by Gasteiger charge is 2.19. The van der Waals surface area contributed by atoms with Gasteiger partial charge in [-0.25, -0.2) is 0 Å². The molecule has 0 fully saturated rings. The van der Waals surface area contributed by atoms with Crippen LogP contribution in [0.2, 0.25) is 0 Å². The lowest BCUT2D eigenvalue weighted by atomic mass is 9.97. The van der Waals surface area contributed by atoms with Crippen molar-refractivity contribution >= 4 is 22.4 Å². The molecule has 0 aliphatic carbocycles. The average molecular weight is 297 g/mol. The van der Waals surface area contributed by atoms with Crippen LogP contribution in [0.25, 0.3) is 11.0 Å². The molecule has 2 aromatic heterocycles. The van der Waals surface area contributed by atoms with Gasteiger partial charge in [-0.2, -0.15) is 0 Å². The number of benzene rings is 1. The highest BCUT2D eigenvalue weighted by atomic mass is 32.1. The van der Waals surface area contributed by atoms with Gasteiger partial charge in [0, 0.05) is 22.8 Å². The number of nitrogens with zero attached hydrogens (tertiary/aromatic N) is 2. The molecule has 21 heavy (non-hydrogen) atoms. The lowest BCUT2D eigenvalue weighted by Gasteiger charge is -2.20. The molecule has 3 aromatic rings. The van der Waals surface area contributed by atoms with Crippen molar-refractivity contribution in [2.45, 2.75) is 26.3 Å². The van der Waals surface area contributed by atoms with Gasteiger partial charge in [0.05, 0.1) is 17.1 Å². The van der Waals surface area contributed by atoms with Gasteiger partial charge in [-0.1, -0.05) is 19.1 Å². The average Bonchev–Trinajstić information content (AvgIpc) is 2.94. The number of fused-ring (bicyclic) bond motifs is 1. The van der Waals surface area contributed by atoms with E-state index in [1.54, 1.807) is 23.7 Å². The van der Waals surface area contributed by atoms with E-state index in [2.05, 4.69) is 52.7 Å². The van der Waals surface area contributed by atoms with Crippen molar-refractivity contribution in [2.24, 2.45) is 0 Å². The van der Waals surface area contributed by atoms with Crippen LogP contribution in [0.15, 0.2) is 42.0 Å². The van der Waals surface area contributed by atoms with Crippen LogP contribution >= 0.6 is 11.3 Å². The molecule has 1 N–H and O–H groups in total. The third-order valence-corrected chi connectivity index (χ3v) is 4.51. The topological polar surface area (TPSA) is 37.8 Å². The monoisotopic (exact) mass is 297 g/mol. The highest BCUT2D eigenvalue weighted by molar-refractivity contribution is 7.10. The first-order valence-corrected chi connectivity index (χ1v) is 8.16. The third kappa shape index (κ3) is 2.82. The van der Waals surface area contributed by atoms with Gasteiger partial charge in [-0.05, 0) is 43.0 Å². The molecule has 0 saturated carbocycles. The summed E-state index contributed by atoms with van der Waals surface area (Å²) in [7, 11) is 0. The van der Waals surface area contributed by atoms with E-state index in [1.807, 2.05) is 6.07 Å². The van der Waals surface area contributed by atoms with Gasteiger partial charge in [-0.3, -0.25) is 9.97 Å². The summed E-state index contributed by atoms with van der Waals surface area (Å²) in [6.07, 6.45) is 4.62. The second-order valence-corrected chi connectivity index (χ2v) is 6.21. The van der Waals surface area contributed by atoms with Crippen LogP contribution in [0.3, 0.4) is 0 Å². The Kier molecular flexibility index (Phi) is 4.27. The van der Waals surface area contributed by atoms with Gasteiger partial charge in [-0.15, -0.1) is 11.3 Å². The van der Waals surface area contributed by atoms with E-state index in [0.29, 0.717) is 0 Å². The van der Waals surface area contributed by atoms with Crippen molar-refractivity contribution in [1.29, 1.82) is 0 Å². The van der Waals surface area contributed by atoms with Crippen molar-refractivity contribution in [3.63, 3.8) is 0 Å². The van der Waals surface area contributed by atoms with Gasteiger partial charge < -0.3 is 5.32 Å². The molecule has 0 bridgehead atoms. The van der Waals surface area contributed by atoms with E-state index in [9.17, 15) is 0 Å². The van der Waals surface area contributed by atoms with Crippen LogP contribution in [-0.4, -0.2) is 16.5 Å². The van der Waals surface area contributed by atoms with E-state index in [0.717, 1.165) is 24.0 Å². The molecule has 0 aliphatic heterocycles. The maximum atomic E-state index is 4.55. The standard InChI is InChI=1S/C17H19N3S/c1-3-8-19-16(13-7-11-21-12(13)2)14-5-4-6-15-17(14)20-10-9-18-15/h4-7,9-11,16,19H,3,8H2,1-2H3. The smallest absolute Gasteiger partial charge is 0.0937 e. The third-order valence-electron chi connectivity index (χ3n) is 3.65. The predicted octanol–water partition coefficient (Wildman–Crippen LogP) is 4.09. The summed E-state index contributed by atoms with van der Waals surface area (Å²) < 4.78 is 0. The van der Waals surface area contributed by atoms with Gasteiger partial charge in [0.1, 0.15) is 0 Å². The molecular weight excluding hydrogens is 278 g/mol. The number of nitrogens with one attached hydrogen (secondary N) is 1. The number of thiophene rings is 1. The summed E-state index contributed by atoms with van der Waals surface area (Å²) in [6.45, 7) is 5.35. The summed E-state index contributed by atoms with van der Waals surface area (Å²) in [5, 5.41) is 5.81. The van der Waals surface area contributed by atoms with Crippen LogP contribution in [0.5, 0.6) is 0 Å². The first-order valence-electron chi connectivity index (χ1n) is 7.28. The van der Waals surface area contributed by atoms with E-state index in [1.165, 1.54) is 16.0 Å².